The fourth-order valence-electron chi connectivity index (χ4n) is 3.85. The summed E-state index contributed by atoms with van der Waals surface area (Å²) in [5.41, 5.74) is 0. The van der Waals surface area contributed by atoms with Crippen molar-refractivity contribution in [1.82, 2.24) is 25.3 Å². The quantitative estimate of drug-likeness (QED) is 0.905. The van der Waals surface area contributed by atoms with Gasteiger partial charge >= 0.3 is 6.03 Å². The predicted octanol–water partition coefficient (Wildman–Crippen LogP) is 2.91. The molecular weight excluding hydrogens is 318 g/mol. The van der Waals surface area contributed by atoms with E-state index in [1.807, 2.05) is 11.8 Å². The van der Waals surface area contributed by atoms with E-state index in [4.69, 9.17) is 4.52 Å². The zero-order valence-electron chi connectivity index (χ0n) is 15.7. The van der Waals surface area contributed by atoms with E-state index in [1.165, 1.54) is 19.3 Å². The van der Waals surface area contributed by atoms with Crippen molar-refractivity contribution in [2.75, 3.05) is 27.2 Å². The van der Waals surface area contributed by atoms with Crippen LogP contribution in [0.3, 0.4) is 0 Å². The molecule has 1 aliphatic carbocycles. The van der Waals surface area contributed by atoms with Gasteiger partial charge in [-0.1, -0.05) is 24.4 Å². The standard InChI is InChI=1S/C18H31N5O2/c1-13(17-20-16(21-25-17)14-8-5-4-6-9-14)19-18(24)23-11-7-10-15(12-23)22(2)3/h13-15H,4-12H2,1-3H3,(H,19,24)/t13-,15-/m1/s1. The second-order valence-corrected chi connectivity index (χ2v) is 7.70. The Bertz CT molecular complexity index is 568. The van der Waals surface area contributed by atoms with E-state index in [0.29, 0.717) is 17.9 Å². The maximum absolute atomic E-state index is 12.6. The summed E-state index contributed by atoms with van der Waals surface area (Å²) in [5, 5.41) is 7.17. The minimum absolute atomic E-state index is 0.0449. The molecule has 0 bridgehead atoms. The fraction of sp³-hybridized carbons (Fsp3) is 0.833. The molecule has 1 saturated carbocycles. The van der Waals surface area contributed by atoms with Gasteiger partial charge in [0.15, 0.2) is 5.82 Å². The molecule has 0 spiro atoms. The third-order valence-corrected chi connectivity index (χ3v) is 5.55. The lowest BCUT2D eigenvalue weighted by Gasteiger charge is -2.36. The highest BCUT2D eigenvalue weighted by atomic mass is 16.5. The first-order chi connectivity index (χ1) is 12.0. The van der Waals surface area contributed by atoms with Gasteiger partial charge in [-0.25, -0.2) is 4.79 Å². The van der Waals surface area contributed by atoms with Crippen molar-refractivity contribution >= 4 is 6.03 Å². The number of piperidine rings is 1. The van der Waals surface area contributed by atoms with Gasteiger partial charge in [0.05, 0.1) is 0 Å². The SMILES string of the molecule is C[C@@H](NC(=O)N1CCC[C@@H](N(C)C)C1)c1nc(C2CCCCC2)no1. The fourth-order valence-corrected chi connectivity index (χ4v) is 3.85. The number of carbonyl (C=O) groups is 1. The number of likely N-dealkylation sites (tertiary alicyclic amines) is 1. The molecule has 7 heteroatoms. The van der Waals surface area contributed by atoms with Crippen molar-refractivity contribution in [2.24, 2.45) is 0 Å². The Labute approximate surface area is 150 Å². The van der Waals surface area contributed by atoms with Gasteiger partial charge in [-0.2, -0.15) is 4.98 Å². The van der Waals surface area contributed by atoms with Gasteiger partial charge in [-0.15, -0.1) is 0 Å². The van der Waals surface area contributed by atoms with Crippen LogP contribution in [0.5, 0.6) is 0 Å². The molecule has 1 aromatic rings. The Kier molecular flexibility index (Phi) is 5.93. The van der Waals surface area contributed by atoms with Gasteiger partial charge in [0.25, 0.3) is 0 Å². The monoisotopic (exact) mass is 349 g/mol. The molecule has 2 heterocycles. The summed E-state index contributed by atoms with van der Waals surface area (Å²) in [7, 11) is 4.14. The minimum Gasteiger partial charge on any atom is -0.337 e. The van der Waals surface area contributed by atoms with Crippen LogP contribution in [0.2, 0.25) is 0 Å². The molecule has 7 nitrogen and oxygen atoms in total. The van der Waals surface area contributed by atoms with E-state index in [0.717, 1.165) is 44.6 Å². The number of aromatic nitrogens is 2. The second-order valence-electron chi connectivity index (χ2n) is 7.70. The Morgan fingerprint density at radius 2 is 2.00 bits per heavy atom. The Balaban J connectivity index is 1.55. The molecule has 2 aliphatic rings. The number of nitrogens with one attached hydrogen (secondary N) is 1. The van der Waals surface area contributed by atoms with Crippen LogP contribution in [0.4, 0.5) is 4.79 Å². The Morgan fingerprint density at radius 3 is 2.72 bits per heavy atom. The number of likely N-dealkylation sites (N-methyl/N-ethyl adjacent to an activating group) is 1. The van der Waals surface area contributed by atoms with Gasteiger partial charge in [-0.3, -0.25) is 0 Å². The largest absolute Gasteiger partial charge is 0.337 e. The summed E-state index contributed by atoms with van der Waals surface area (Å²) in [6.45, 7) is 3.48. The average Bonchev–Trinajstić information content (AvgIpc) is 3.13. The number of hydrogen-bond donors (Lipinski definition) is 1. The van der Waals surface area contributed by atoms with Crippen molar-refractivity contribution in [2.45, 2.75) is 69.9 Å². The third kappa shape index (κ3) is 4.51. The van der Waals surface area contributed by atoms with E-state index in [-0.39, 0.29) is 12.1 Å². The molecule has 25 heavy (non-hydrogen) atoms. The first kappa shape index (κ1) is 18.2. The summed E-state index contributed by atoms with van der Waals surface area (Å²) in [4.78, 5) is 21.2. The summed E-state index contributed by atoms with van der Waals surface area (Å²) < 4.78 is 5.42. The smallest absolute Gasteiger partial charge is 0.318 e. The number of urea groups is 1. The number of hydrogen-bond acceptors (Lipinski definition) is 5. The van der Waals surface area contributed by atoms with Gasteiger partial charge in [0, 0.05) is 25.0 Å². The summed E-state index contributed by atoms with van der Waals surface area (Å²) in [5.74, 6) is 1.73. The topological polar surface area (TPSA) is 74.5 Å². The highest BCUT2D eigenvalue weighted by Crippen LogP contribution is 2.31. The molecule has 2 atom stereocenters. The van der Waals surface area contributed by atoms with Crippen LogP contribution in [0.15, 0.2) is 4.52 Å². The van der Waals surface area contributed by atoms with Crippen molar-refractivity contribution in [3.05, 3.63) is 11.7 Å². The van der Waals surface area contributed by atoms with Crippen LogP contribution in [0.25, 0.3) is 0 Å². The molecule has 0 radical (unpaired) electrons. The number of amides is 2. The summed E-state index contributed by atoms with van der Waals surface area (Å²) in [6.07, 6.45) is 8.24. The van der Waals surface area contributed by atoms with E-state index in [1.54, 1.807) is 0 Å². The first-order valence-corrected chi connectivity index (χ1v) is 9.60. The van der Waals surface area contributed by atoms with E-state index in [9.17, 15) is 4.79 Å². The third-order valence-electron chi connectivity index (χ3n) is 5.55. The van der Waals surface area contributed by atoms with Crippen LogP contribution in [-0.2, 0) is 0 Å². The molecule has 3 rings (SSSR count). The lowest BCUT2D eigenvalue weighted by Crippen LogP contribution is -2.51. The molecule has 1 aliphatic heterocycles. The molecular formula is C18H31N5O2. The molecule has 1 saturated heterocycles. The zero-order chi connectivity index (χ0) is 17.8. The van der Waals surface area contributed by atoms with Crippen LogP contribution >= 0.6 is 0 Å². The Hall–Kier alpha value is -1.63. The molecule has 2 amide bonds. The molecule has 0 unspecified atom stereocenters. The Morgan fingerprint density at radius 1 is 1.24 bits per heavy atom. The molecule has 140 valence electrons. The summed E-state index contributed by atoms with van der Waals surface area (Å²) in [6, 6.07) is 0.115. The van der Waals surface area contributed by atoms with Crippen LogP contribution in [0.1, 0.15) is 75.5 Å². The number of rotatable bonds is 4. The van der Waals surface area contributed by atoms with Gasteiger partial charge in [-0.05, 0) is 46.7 Å². The van der Waals surface area contributed by atoms with Gasteiger partial charge < -0.3 is 19.6 Å². The summed E-state index contributed by atoms with van der Waals surface area (Å²) >= 11 is 0. The predicted molar refractivity (Wildman–Crippen MR) is 95.4 cm³/mol. The lowest BCUT2D eigenvalue weighted by atomic mass is 9.89. The second kappa shape index (κ2) is 8.17. The van der Waals surface area contributed by atoms with Crippen molar-refractivity contribution in [1.29, 1.82) is 0 Å². The average molecular weight is 349 g/mol. The minimum atomic E-state index is -0.267. The molecule has 2 fully saturated rings. The molecule has 1 aromatic heterocycles. The van der Waals surface area contributed by atoms with Crippen LogP contribution < -0.4 is 5.32 Å². The van der Waals surface area contributed by atoms with E-state index in [2.05, 4.69) is 34.5 Å². The highest BCUT2D eigenvalue weighted by Gasteiger charge is 2.27. The highest BCUT2D eigenvalue weighted by molar-refractivity contribution is 5.74. The molecule has 0 aromatic carbocycles. The van der Waals surface area contributed by atoms with Crippen molar-refractivity contribution in [3.8, 4) is 0 Å². The van der Waals surface area contributed by atoms with Crippen LogP contribution in [-0.4, -0.2) is 59.2 Å². The van der Waals surface area contributed by atoms with Crippen molar-refractivity contribution in [3.63, 3.8) is 0 Å². The maximum Gasteiger partial charge on any atom is 0.318 e. The van der Waals surface area contributed by atoms with Crippen molar-refractivity contribution < 1.29 is 9.32 Å². The maximum atomic E-state index is 12.6. The van der Waals surface area contributed by atoms with E-state index >= 15 is 0 Å². The van der Waals surface area contributed by atoms with E-state index < -0.39 is 0 Å². The van der Waals surface area contributed by atoms with Gasteiger partial charge in [0.2, 0.25) is 5.89 Å². The first-order valence-electron chi connectivity index (χ1n) is 9.60. The lowest BCUT2D eigenvalue weighted by molar-refractivity contribution is 0.137. The molecule has 1 N–H and O–H groups in total. The van der Waals surface area contributed by atoms with Crippen LogP contribution in [0, 0.1) is 0 Å². The number of carbonyl (C=O) groups excluding carboxylic acids is 1. The number of nitrogens with zero attached hydrogens (tertiary/aromatic N) is 4. The normalized spacial score (nSPS) is 23.7. The zero-order valence-corrected chi connectivity index (χ0v) is 15.7. The van der Waals surface area contributed by atoms with Gasteiger partial charge in [0.1, 0.15) is 6.04 Å².